The number of azo groups is 1. The molecule has 2 amide bonds. The third-order valence-corrected chi connectivity index (χ3v) is 3.95. The molecule has 4 rings (SSSR count). The van der Waals surface area contributed by atoms with Gasteiger partial charge in [-0.05, 0) is 36.4 Å². The summed E-state index contributed by atoms with van der Waals surface area (Å²) in [5.74, 6) is 0.380. The van der Waals surface area contributed by atoms with E-state index in [9.17, 15) is 9.59 Å². The van der Waals surface area contributed by atoms with Crippen molar-refractivity contribution < 1.29 is 14.3 Å². The summed E-state index contributed by atoms with van der Waals surface area (Å²) in [4.78, 5) is 25.8. The Bertz CT molecular complexity index is 786. The lowest BCUT2D eigenvalue weighted by molar-refractivity contribution is -0.122. The molecule has 2 atom stereocenters. The first-order valence-electron chi connectivity index (χ1n) is 7.31. The maximum absolute atomic E-state index is 12.3. The molecule has 2 aliphatic heterocycles. The van der Waals surface area contributed by atoms with Crippen molar-refractivity contribution in [2.75, 3.05) is 11.4 Å². The van der Waals surface area contributed by atoms with Crippen LogP contribution in [-0.4, -0.2) is 24.4 Å². The molecule has 0 bridgehead atoms. The summed E-state index contributed by atoms with van der Waals surface area (Å²) >= 11 is 0. The van der Waals surface area contributed by atoms with Crippen molar-refractivity contribution in [2.24, 2.45) is 16.1 Å². The topological polar surface area (TPSA) is 71.3 Å². The number of nitrogens with zero attached hydrogens (tertiary/aromatic N) is 3. The lowest BCUT2D eigenvalue weighted by Crippen LogP contribution is -2.31. The number of amides is 2. The molecule has 0 spiro atoms. The minimum absolute atomic E-state index is 0.235. The van der Waals surface area contributed by atoms with Crippen molar-refractivity contribution in [3.8, 4) is 11.5 Å². The molecule has 114 valence electrons. The molecular weight excluding hydrogens is 294 g/mol. The number of fused-ring (bicyclic) bond motifs is 1. The van der Waals surface area contributed by atoms with E-state index in [2.05, 4.69) is 10.2 Å². The van der Waals surface area contributed by atoms with Crippen LogP contribution >= 0.6 is 0 Å². The van der Waals surface area contributed by atoms with Gasteiger partial charge in [-0.25, -0.2) is 4.90 Å². The second kappa shape index (κ2) is 5.31. The van der Waals surface area contributed by atoms with Crippen LogP contribution in [0.25, 0.3) is 0 Å². The van der Waals surface area contributed by atoms with E-state index in [4.69, 9.17) is 4.74 Å². The number of imide groups is 1. The Morgan fingerprint density at radius 2 is 1.61 bits per heavy atom. The van der Waals surface area contributed by atoms with Gasteiger partial charge in [0.05, 0.1) is 18.2 Å². The third-order valence-electron chi connectivity index (χ3n) is 3.95. The zero-order valence-electron chi connectivity index (χ0n) is 12.1. The molecule has 0 aliphatic carbocycles. The fraction of sp³-hybridized carbons (Fsp3) is 0.176. The number of carbonyl (C=O) groups is 2. The van der Waals surface area contributed by atoms with Crippen LogP contribution in [0.4, 0.5) is 5.69 Å². The summed E-state index contributed by atoms with van der Waals surface area (Å²) in [6, 6.07) is 15.6. The molecular formula is C17H13N3O3. The van der Waals surface area contributed by atoms with Gasteiger partial charge in [0.2, 0.25) is 5.91 Å². The molecule has 2 aromatic carbocycles. The largest absolute Gasteiger partial charge is 0.457 e. The Morgan fingerprint density at radius 1 is 0.913 bits per heavy atom. The summed E-state index contributed by atoms with van der Waals surface area (Å²) in [6.07, 6.45) is 0. The van der Waals surface area contributed by atoms with Gasteiger partial charge in [-0.15, -0.1) is 0 Å². The SMILES string of the molecule is O=C1C2CN=NC2C(=O)N1c1ccc(Oc2ccccc2)cc1. The number of hydrogen-bond donors (Lipinski definition) is 0. The van der Waals surface area contributed by atoms with E-state index in [1.165, 1.54) is 4.90 Å². The summed E-state index contributed by atoms with van der Waals surface area (Å²) in [6.45, 7) is 0.293. The van der Waals surface area contributed by atoms with Crippen LogP contribution in [0.2, 0.25) is 0 Å². The lowest BCUT2D eigenvalue weighted by Gasteiger charge is -2.15. The van der Waals surface area contributed by atoms with Crippen LogP contribution in [0, 0.1) is 5.92 Å². The minimum Gasteiger partial charge on any atom is -0.457 e. The number of hydrogen-bond acceptors (Lipinski definition) is 5. The first-order valence-corrected chi connectivity index (χ1v) is 7.31. The van der Waals surface area contributed by atoms with Crippen molar-refractivity contribution in [3.05, 3.63) is 54.6 Å². The Kier molecular flexibility index (Phi) is 3.15. The van der Waals surface area contributed by atoms with Crippen LogP contribution in [0.3, 0.4) is 0 Å². The number of rotatable bonds is 3. The second-order valence-electron chi connectivity index (χ2n) is 5.41. The van der Waals surface area contributed by atoms with Crippen molar-refractivity contribution in [2.45, 2.75) is 6.04 Å². The van der Waals surface area contributed by atoms with Gasteiger partial charge < -0.3 is 4.74 Å². The molecule has 2 aromatic rings. The zero-order valence-corrected chi connectivity index (χ0v) is 12.1. The molecule has 1 fully saturated rings. The summed E-state index contributed by atoms with van der Waals surface area (Å²) in [5, 5.41) is 7.66. The molecule has 23 heavy (non-hydrogen) atoms. The molecule has 0 saturated carbocycles. The van der Waals surface area contributed by atoms with Gasteiger partial charge in [0, 0.05) is 0 Å². The van der Waals surface area contributed by atoms with Gasteiger partial charge in [-0.2, -0.15) is 10.2 Å². The van der Waals surface area contributed by atoms with Gasteiger partial charge in [-0.1, -0.05) is 18.2 Å². The monoisotopic (exact) mass is 307 g/mol. The first kappa shape index (κ1) is 13.6. The molecule has 6 nitrogen and oxygen atoms in total. The van der Waals surface area contributed by atoms with Gasteiger partial charge >= 0.3 is 0 Å². The first-order chi connectivity index (χ1) is 11.2. The van der Waals surface area contributed by atoms with Gasteiger partial charge in [-0.3, -0.25) is 9.59 Å². The highest BCUT2D eigenvalue weighted by atomic mass is 16.5. The van der Waals surface area contributed by atoms with Crippen LogP contribution < -0.4 is 9.64 Å². The maximum Gasteiger partial charge on any atom is 0.261 e. The third kappa shape index (κ3) is 2.28. The fourth-order valence-electron chi connectivity index (χ4n) is 2.79. The van der Waals surface area contributed by atoms with E-state index in [-0.39, 0.29) is 11.8 Å². The zero-order chi connectivity index (χ0) is 15.8. The van der Waals surface area contributed by atoms with Crippen LogP contribution in [0.5, 0.6) is 11.5 Å². The Hall–Kier alpha value is -3.02. The van der Waals surface area contributed by atoms with E-state index in [0.29, 0.717) is 18.0 Å². The predicted octanol–water partition coefficient (Wildman–Crippen LogP) is 2.80. The van der Waals surface area contributed by atoms with Crippen LogP contribution in [0.1, 0.15) is 0 Å². The number of ether oxygens (including phenoxy) is 1. The summed E-state index contributed by atoms with van der Waals surface area (Å²) in [7, 11) is 0. The van der Waals surface area contributed by atoms with Crippen molar-refractivity contribution in [1.82, 2.24) is 0 Å². The standard InChI is InChI=1S/C17H13N3O3/c21-16-14-10-18-19-15(14)17(22)20(16)11-6-8-13(9-7-11)23-12-4-2-1-3-5-12/h1-9,14-15H,10H2. The fourth-order valence-corrected chi connectivity index (χ4v) is 2.79. The maximum atomic E-state index is 12.3. The highest BCUT2D eigenvalue weighted by Crippen LogP contribution is 2.33. The van der Waals surface area contributed by atoms with Crippen molar-refractivity contribution in [3.63, 3.8) is 0 Å². The Morgan fingerprint density at radius 3 is 2.30 bits per heavy atom. The average Bonchev–Trinajstić information content (AvgIpc) is 3.14. The number of benzene rings is 2. The van der Waals surface area contributed by atoms with E-state index in [1.807, 2.05) is 30.3 Å². The molecule has 2 aliphatic rings. The number of carbonyl (C=O) groups excluding carboxylic acids is 2. The van der Waals surface area contributed by atoms with E-state index in [0.717, 1.165) is 5.75 Å². The predicted molar refractivity (Wildman–Crippen MR) is 82.5 cm³/mol. The van der Waals surface area contributed by atoms with Gasteiger partial charge in [0.25, 0.3) is 5.91 Å². The average molecular weight is 307 g/mol. The molecule has 6 heteroatoms. The van der Waals surface area contributed by atoms with Crippen molar-refractivity contribution in [1.29, 1.82) is 0 Å². The summed E-state index contributed by atoms with van der Waals surface area (Å²) in [5.41, 5.74) is 0.532. The molecule has 0 aromatic heterocycles. The van der Waals surface area contributed by atoms with Gasteiger partial charge in [0.1, 0.15) is 11.5 Å². The van der Waals surface area contributed by atoms with E-state index >= 15 is 0 Å². The quantitative estimate of drug-likeness (QED) is 0.819. The highest BCUT2D eigenvalue weighted by Gasteiger charge is 2.50. The van der Waals surface area contributed by atoms with E-state index in [1.54, 1.807) is 24.3 Å². The molecule has 1 saturated heterocycles. The van der Waals surface area contributed by atoms with Gasteiger partial charge in [0.15, 0.2) is 6.04 Å². The smallest absolute Gasteiger partial charge is 0.261 e. The molecule has 2 unspecified atom stereocenters. The molecule has 2 heterocycles. The van der Waals surface area contributed by atoms with Crippen LogP contribution in [-0.2, 0) is 9.59 Å². The lowest BCUT2D eigenvalue weighted by atomic mass is 10.1. The Balaban J connectivity index is 1.56. The second-order valence-corrected chi connectivity index (χ2v) is 5.41. The molecule has 0 radical (unpaired) electrons. The highest BCUT2D eigenvalue weighted by molar-refractivity contribution is 6.23. The Labute approximate surface area is 132 Å². The van der Waals surface area contributed by atoms with E-state index < -0.39 is 12.0 Å². The molecule has 0 N–H and O–H groups in total. The van der Waals surface area contributed by atoms with Crippen molar-refractivity contribution >= 4 is 17.5 Å². The normalized spacial score (nSPS) is 22.5. The van der Waals surface area contributed by atoms with Crippen LogP contribution in [0.15, 0.2) is 64.8 Å². The minimum atomic E-state index is -0.650. The number of anilines is 1. The number of para-hydroxylation sites is 1. The summed E-state index contributed by atoms with van der Waals surface area (Å²) < 4.78 is 5.70.